The highest BCUT2D eigenvalue weighted by Crippen LogP contribution is 2.34. The lowest BCUT2D eigenvalue weighted by Gasteiger charge is -2.09. The Morgan fingerprint density at radius 2 is 1.89 bits per heavy atom. The maximum absolute atomic E-state index is 12.0. The van der Waals surface area contributed by atoms with E-state index in [1.165, 1.54) is 11.8 Å². The standard InChI is InChI=1S/C21H15ClN2O2S/c1-12-4-3-5-14-10-15(11-18-21(25)26-13(2)23-18)20(24-19(12)14)27-17-8-6-16(22)7-9-17/h3-11H,1-2H3. The number of rotatable bonds is 3. The fourth-order valence-corrected chi connectivity index (χ4v) is 3.80. The molecule has 0 atom stereocenters. The molecule has 2 heterocycles. The minimum Gasteiger partial charge on any atom is -0.407 e. The second-order valence-corrected chi connectivity index (χ2v) is 7.63. The lowest BCUT2D eigenvalue weighted by molar-refractivity contribution is -0.130. The zero-order chi connectivity index (χ0) is 19.0. The third-order valence-electron chi connectivity index (χ3n) is 4.09. The Balaban J connectivity index is 1.86. The number of para-hydroxylation sites is 1. The number of hydrogen-bond acceptors (Lipinski definition) is 5. The van der Waals surface area contributed by atoms with E-state index in [0.29, 0.717) is 10.9 Å². The van der Waals surface area contributed by atoms with Gasteiger partial charge in [0, 0.05) is 27.8 Å². The van der Waals surface area contributed by atoms with Crippen LogP contribution in [0.3, 0.4) is 0 Å². The number of carbonyl (C=O) groups excluding carboxylic acids is 1. The summed E-state index contributed by atoms with van der Waals surface area (Å²) in [5.41, 5.74) is 3.13. The van der Waals surface area contributed by atoms with E-state index in [-0.39, 0.29) is 5.70 Å². The van der Waals surface area contributed by atoms with Gasteiger partial charge in [-0.3, -0.25) is 0 Å². The summed E-state index contributed by atoms with van der Waals surface area (Å²) in [6, 6.07) is 15.6. The Labute approximate surface area is 165 Å². The summed E-state index contributed by atoms with van der Waals surface area (Å²) < 4.78 is 5.02. The van der Waals surface area contributed by atoms with Crippen LogP contribution in [0.2, 0.25) is 5.02 Å². The highest BCUT2D eigenvalue weighted by Gasteiger charge is 2.21. The smallest absolute Gasteiger partial charge is 0.363 e. The second kappa shape index (κ2) is 7.18. The first-order chi connectivity index (χ1) is 13.0. The topological polar surface area (TPSA) is 51.5 Å². The van der Waals surface area contributed by atoms with Crippen LogP contribution in [-0.2, 0) is 9.53 Å². The number of esters is 1. The van der Waals surface area contributed by atoms with Crippen molar-refractivity contribution < 1.29 is 9.53 Å². The molecule has 3 aromatic rings. The Morgan fingerprint density at radius 3 is 2.59 bits per heavy atom. The van der Waals surface area contributed by atoms with Gasteiger partial charge in [-0.15, -0.1) is 0 Å². The molecule has 0 spiro atoms. The maximum atomic E-state index is 12.0. The van der Waals surface area contributed by atoms with Crippen molar-refractivity contribution in [1.82, 2.24) is 4.98 Å². The highest BCUT2D eigenvalue weighted by atomic mass is 35.5. The average Bonchev–Trinajstić information content (AvgIpc) is 2.95. The number of nitrogens with zero attached hydrogens (tertiary/aromatic N) is 2. The summed E-state index contributed by atoms with van der Waals surface area (Å²) in [6.45, 7) is 3.69. The average molecular weight is 395 g/mol. The lowest BCUT2D eigenvalue weighted by atomic mass is 10.1. The number of aromatic nitrogens is 1. The van der Waals surface area contributed by atoms with Crippen molar-refractivity contribution in [3.63, 3.8) is 0 Å². The van der Waals surface area contributed by atoms with E-state index in [1.54, 1.807) is 13.0 Å². The number of aliphatic imine (C=N–C) groups is 1. The van der Waals surface area contributed by atoms with Crippen LogP contribution in [0.5, 0.6) is 0 Å². The maximum Gasteiger partial charge on any atom is 0.363 e. The molecule has 0 radical (unpaired) electrons. The Morgan fingerprint density at radius 1 is 1.11 bits per heavy atom. The molecule has 0 unspecified atom stereocenters. The molecule has 0 bridgehead atoms. The van der Waals surface area contributed by atoms with Crippen molar-refractivity contribution in [1.29, 1.82) is 0 Å². The molecular weight excluding hydrogens is 380 g/mol. The fourth-order valence-electron chi connectivity index (χ4n) is 2.81. The second-order valence-electron chi connectivity index (χ2n) is 6.14. The zero-order valence-electron chi connectivity index (χ0n) is 14.7. The van der Waals surface area contributed by atoms with E-state index in [1.807, 2.05) is 55.5 Å². The molecular formula is C21H15ClN2O2S. The minimum atomic E-state index is -0.445. The predicted octanol–water partition coefficient (Wildman–Crippen LogP) is 5.66. The molecule has 0 amide bonds. The molecule has 1 aliphatic heterocycles. The third-order valence-corrected chi connectivity index (χ3v) is 5.37. The molecule has 0 fully saturated rings. The van der Waals surface area contributed by atoms with Crippen molar-refractivity contribution in [3.8, 4) is 0 Å². The highest BCUT2D eigenvalue weighted by molar-refractivity contribution is 7.99. The van der Waals surface area contributed by atoms with Gasteiger partial charge in [-0.2, -0.15) is 0 Å². The van der Waals surface area contributed by atoms with Crippen LogP contribution in [0, 0.1) is 6.92 Å². The van der Waals surface area contributed by atoms with Crippen molar-refractivity contribution in [2.24, 2.45) is 4.99 Å². The van der Waals surface area contributed by atoms with Crippen LogP contribution in [-0.4, -0.2) is 16.9 Å². The van der Waals surface area contributed by atoms with Crippen molar-refractivity contribution >= 4 is 52.2 Å². The van der Waals surface area contributed by atoms with Crippen molar-refractivity contribution in [3.05, 3.63) is 70.4 Å². The summed E-state index contributed by atoms with van der Waals surface area (Å²) in [4.78, 5) is 22.0. The minimum absolute atomic E-state index is 0.277. The Hall–Kier alpha value is -2.63. The van der Waals surface area contributed by atoms with E-state index in [9.17, 15) is 4.79 Å². The van der Waals surface area contributed by atoms with E-state index in [4.69, 9.17) is 21.3 Å². The van der Waals surface area contributed by atoms with Crippen LogP contribution in [0.25, 0.3) is 17.0 Å². The summed E-state index contributed by atoms with van der Waals surface area (Å²) in [5, 5.41) is 2.48. The van der Waals surface area contributed by atoms with E-state index in [0.717, 1.165) is 32.0 Å². The van der Waals surface area contributed by atoms with Gasteiger partial charge in [-0.25, -0.2) is 14.8 Å². The van der Waals surface area contributed by atoms with Crippen LogP contribution in [0.4, 0.5) is 0 Å². The Bertz CT molecular complexity index is 1120. The van der Waals surface area contributed by atoms with Gasteiger partial charge in [0.25, 0.3) is 0 Å². The third kappa shape index (κ3) is 3.75. The summed E-state index contributed by atoms with van der Waals surface area (Å²) >= 11 is 7.50. The number of halogens is 1. The first-order valence-corrected chi connectivity index (χ1v) is 9.52. The molecule has 2 aromatic carbocycles. The fraction of sp³-hybridized carbons (Fsp3) is 0.0952. The predicted molar refractivity (Wildman–Crippen MR) is 109 cm³/mol. The summed E-state index contributed by atoms with van der Waals surface area (Å²) in [7, 11) is 0. The normalized spacial score (nSPS) is 15.3. The van der Waals surface area contributed by atoms with Crippen molar-refractivity contribution in [2.75, 3.05) is 0 Å². The number of ether oxygens (including phenoxy) is 1. The zero-order valence-corrected chi connectivity index (χ0v) is 16.3. The molecule has 134 valence electrons. The monoisotopic (exact) mass is 394 g/mol. The van der Waals surface area contributed by atoms with Gasteiger partial charge in [0.1, 0.15) is 5.03 Å². The van der Waals surface area contributed by atoms with Crippen molar-refractivity contribution in [2.45, 2.75) is 23.8 Å². The van der Waals surface area contributed by atoms with E-state index < -0.39 is 5.97 Å². The van der Waals surface area contributed by atoms with Gasteiger partial charge in [-0.1, -0.05) is 41.6 Å². The molecule has 1 aliphatic rings. The number of benzene rings is 2. The molecule has 1 aromatic heterocycles. The molecule has 0 N–H and O–H groups in total. The summed E-state index contributed by atoms with van der Waals surface area (Å²) in [6.07, 6.45) is 1.73. The van der Waals surface area contributed by atoms with Gasteiger partial charge >= 0.3 is 5.97 Å². The van der Waals surface area contributed by atoms with Gasteiger partial charge in [0.2, 0.25) is 0 Å². The van der Waals surface area contributed by atoms with Crippen LogP contribution < -0.4 is 0 Å². The number of aryl methyl sites for hydroxylation is 1. The number of hydrogen-bond donors (Lipinski definition) is 0. The molecule has 6 heteroatoms. The first-order valence-electron chi connectivity index (χ1n) is 8.32. The number of cyclic esters (lactones) is 1. The quantitative estimate of drug-likeness (QED) is 0.424. The van der Waals surface area contributed by atoms with Gasteiger partial charge in [0.05, 0.1) is 5.52 Å². The number of carbonyl (C=O) groups is 1. The van der Waals surface area contributed by atoms with Crippen LogP contribution in [0.1, 0.15) is 18.1 Å². The molecule has 4 nitrogen and oxygen atoms in total. The SMILES string of the molecule is CC1=NC(=Cc2cc3cccc(C)c3nc2Sc2ccc(Cl)cc2)C(=O)O1. The molecule has 0 saturated heterocycles. The molecule has 0 aliphatic carbocycles. The van der Waals surface area contributed by atoms with E-state index >= 15 is 0 Å². The Kier molecular flexibility index (Phi) is 4.72. The van der Waals surface area contributed by atoms with Gasteiger partial charge in [0.15, 0.2) is 11.6 Å². The molecule has 0 saturated carbocycles. The number of pyridine rings is 1. The molecule has 4 rings (SSSR count). The van der Waals surface area contributed by atoms with Crippen LogP contribution in [0.15, 0.2) is 69.1 Å². The largest absolute Gasteiger partial charge is 0.407 e. The van der Waals surface area contributed by atoms with E-state index in [2.05, 4.69) is 4.99 Å². The lowest BCUT2D eigenvalue weighted by Crippen LogP contribution is -2.00. The van der Waals surface area contributed by atoms with Crippen LogP contribution >= 0.6 is 23.4 Å². The first kappa shape index (κ1) is 17.8. The molecule has 27 heavy (non-hydrogen) atoms. The van der Waals surface area contributed by atoms with Gasteiger partial charge in [-0.05, 0) is 48.9 Å². The number of fused-ring (bicyclic) bond motifs is 1. The summed E-state index contributed by atoms with van der Waals surface area (Å²) in [5.74, 6) is -0.0953. The van der Waals surface area contributed by atoms with Gasteiger partial charge < -0.3 is 4.74 Å².